The number of allylic oxidation sites excluding steroid dienone is 8. The Morgan fingerprint density at radius 1 is 0.625 bits per heavy atom. The summed E-state index contributed by atoms with van der Waals surface area (Å²) in [4.78, 5) is 34.9. The predicted octanol–water partition coefficient (Wildman–Crippen LogP) is 10.1. The van der Waals surface area contributed by atoms with Crippen molar-refractivity contribution in [2.24, 2.45) is 0 Å². The summed E-state index contributed by atoms with van der Waals surface area (Å²) in [5, 5.41) is 28.1. The molecule has 0 aromatic rings. The number of phosphoric ester groups is 1. The van der Waals surface area contributed by atoms with E-state index in [1.807, 2.05) is 55.5 Å². The van der Waals surface area contributed by atoms with E-state index in [0.717, 1.165) is 38.5 Å². The van der Waals surface area contributed by atoms with Crippen molar-refractivity contribution in [3.63, 3.8) is 0 Å². The van der Waals surface area contributed by atoms with Gasteiger partial charge in [0, 0.05) is 12.8 Å². The lowest BCUT2D eigenvalue weighted by atomic mass is 10.0. The highest BCUT2D eigenvalue weighted by molar-refractivity contribution is 7.47. The third kappa shape index (κ3) is 38.5. The Bertz CT molecular complexity index is 1130. The zero-order chi connectivity index (χ0) is 41.4. The van der Waals surface area contributed by atoms with Gasteiger partial charge in [0.15, 0.2) is 6.10 Å². The van der Waals surface area contributed by atoms with Crippen molar-refractivity contribution >= 4 is 19.8 Å². The summed E-state index contributed by atoms with van der Waals surface area (Å²) in [5.41, 5.74) is 0. The molecule has 324 valence electrons. The Morgan fingerprint density at radius 2 is 1.16 bits per heavy atom. The van der Waals surface area contributed by atoms with Crippen LogP contribution in [0.15, 0.2) is 60.8 Å². The van der Waals surface area contributed by atoms with Gasteiger partial charge >= 0.3 is 19.8 Å². The number of hydrogen-bond donors (Lipinski definition) is 4. The summed E-state index contributed by atoms with van der Waals surface area (Å²) < 4.78 is 32.6. The van der Waals surface area contributed by atoms with Gasteiger partial charge in [-0.2, -0.15) is 0 Å². The summed E-state index contributed by atoms with van der Waals surface area (Å²) in [6.45, 7) is 2.06. The Morgan fingerprint density at radius 3 is 1.77 bits per heavy atom. The zero-order valence-corrected chi connectivity index (χ0v) is 35.6. The second-order valence-electron chi connectivity index (χ2n) is 14.2. The van der Waals surface area contributed by atoms with Crippen LogP contribution in [0.4, 0.5) is 0 Å². The topological polar surface area (TPSA) is 169 Å². The van der Waals surface area contributed by atoms with Gasteiger partial charge in [0.05, 0.1) is 25.9 Å². The SMILES string of the molecule is CC/C=C\C(O)C/C=C/C=C\C/C=C\C/C=C\CCCC(=O)OC[C@H](COP(=O)(O)OC[C@@H](O)CO)OC(=O)CCCCCCCCCCCCCCCCC. The Kier molecular flexibility index (Phi) is 37.8. The molecule has 11 nitrogen and oxygen atoms in total. The molecule has 0 saturated heterocycles. The van der Waals surface area contributed by atoms with Crippen LogP contribution < -0.4 is 0 Å². The smallest absolute Gasteiger partial charge is 0.462 e. The molecule has 0 aliphatic carbocycles. The molecule has 0 spiro atoms. The van der Waals surface area contributed by atoms with Gasteiger partial charge in [0.1, 0.15) is 12.7 Å². The van der Waals surface area contributed by atoms with Gasteiger partial charge in [0.25, 0.3) is 0 Å². The minimum absolute atomic E-state index is 0.145. The molecule has 0 rings (SSSR count). The maximum atomic E-state index is 12.6. The van der Waals surface area contributed by atoms with Crippen LogP contribution in [-0.4, -0.2) is 76.9 Å². The van der Waals surface area contributed by atoms with Crippen molar-refractivity contribution in [3.05, 3.63) is 60.8 Å². The largest absolute Gasteiger partial charge is 0.472 e. The van der Waals surface area contributed by atoms with Gasteiger partial charge < -0.3 is 29.7 Å². The number of carbonyl (C=O) groups is 2. The molecule has 0 radical (unpaired) electrons. The summed E-state index contributed by atoms with van der Waals surface area (Å²) in [6.07, 6.45) is 39.6. The van der Waals surface area contributed by atoms with Crippen LogP contribution in [0.2, 0.25) is 0 Å². The minimum atomic E-state index is -4.64. The lowest BCUT2D eigenvalue weighted by Crippen LogP contribution is -2.29. The molecular formula is C44H77O11P. The van der Waals surface area contributed by atoms with E-state index >= 15 is 0 Å². The van der Waals surface area contributed by atoms with Gasteiger partial charge in [-0.3, -0.25) is 18.6 Å². The molecule has 0 aliphatic rings. The highest BCUT2D eigenvalue weighted by Gasteiger charge is 2.27. The summed E-state index contributed by atoms with van der Waals surface area (Å²) in [6, 6.07) is 0. The van der Waals surface area contributed by atoms with Crippen LogP contribution in [0.3, 0.4) is 0 Å². The second kappa shape index (κ2) is 39.5. The van der Waals surface area contributed by atoms with Crippen LogP contribution >= 0.6 is 7.82 Å². The van der Waals surface area contributed by atoms with Crippen LogP contribution in [0, 0.1) is 0 Å². The summed E-state index contributed by atoms with van der Waals surface area (Å²) in [7, 11) is -4.64. The van der Waals surface area contributed by atoms with Crippen molar-refractivity contribution in [1.82, 2.24) is 0 Å². The predicted molar refractivity (Wildman–Crippen MR) is 225 cm³/mol. The molecule has 0 heterocycles. The molecule has 2 unspecified atom stereocenters. The second-order valence-corrected chi connectivity index (χ2v) is 15.6. The number of rotatable bonds is 39. The lowest BCUT2D eigenvalue weighted by Gasteiger charge is -2.20. The molecular weight excluding hydrogens is 735 g/mol. The Labute approximate surface area is 338 Å². The van der Waals surface area contributed by atoms with Crippen molar-refractivity contribution in [3.8, 4) is 0 Å². The number of aliphatic hydroxyl groups excluding tert-OH is 3. The molecule has 56 heavy (non-hydrogen) atoms. The van der Waals surface area contributed by atoms with Crippen molar-refractivity contribution in [2.75, 3.05) is 26.4 Å². The van der Waals surface area contributed by atoms with Gasteiger partial charge in [-0.05, 0) is 44.9 Å². The average Bonchev–Trinajstić information content (AvgIpc) is 3.18. The summed E-state index contributed by atoms with van der Waals surface area (Å²) >= 11 is 0. The van der Waals surface area contributed by atoms with Gasteiger partial charge in [0.2, 0.25) is 0 Å². The fourth-order valence-corrected chi connectivity index (χ4v) is 6.25. The third-order valence-electron chi connectivity index (χ3n) is 8.76. The number of aliphatic hydroxyl groups is 3. The highest BCUT2D eigenvalue weighted by atomic mass is 31.2. The van der Waals surface area contributed by atoms with Crippen LogP contribution in [0.1, 0.15) is 162 Å². The molecule has 4 atom stereocenters. The van der Waals surface area contributed by atoms with Crippen molar-refractivity contribution in [2.45, 2.75) is 180 Å². The molecule has 0 aliphatic heterocycles. The molecule has 0 aromatic carbocycles. The van der Waals surface area contributed by atoms with Gasteiger partial charge in [-0.1, -0.05) is 164 Å². The normalized spacial score (nSPS) is 15.0. The zero-order valence-electron chi connectivity index (χ0n) is 34.7. The van der Waals surface area contributed by atoms with Gasteiger partial charge in [-0.25, -0.2) is 4.57 Å². The highest BCUT2D eigenvalue weighted by Crippen LogP contribution is 2.43. The van der Waals surface area contributed by atoms with E-state index in [1.165, 1.54) is 70.6 Å². The lowest BCUT2D eigenvalue weighted by molar-refractivity contribution is -0.161. The van der Waals surface area contributed by atoms with Crippen molar-refractivity contribution < 1.29 is 52.9 Å². The van der Waals surface area contributed by atoms with E-state index < -0.39 is 57.9 Å². The molecule has 0 saturated carbocycles. The first-order valence-corrected chi connectivity index (χ1v) is 22.8. The molecule has 0 fully saturated rings. The van der Waals surface area contributed by atoms with Crippen LogP contribution in [0.5, 0.6) is 0 Å². The Hall–Kier alpha value is -2.37. The maximum absolute atomic E-state index is 12.6. The van der Waals surface area contributed by atoms with E-state index in [1.54, 1.807) is 0 Å². The third-order valence-corrected chi connectivity index (χ3v) is 9.71. The van der Waals surface area contributed by atoms with E-state index in [9.17, 15) is 29.3 Å². The minimum Gasteiger partial charge on any atom is -0.462 e. The first kappa shape index (κ1) is 53.6. The average molecular weight is 813 g/mol. The quantitative estimate of drug-likeness (QED) is 0.0153. The fourth-order valence-electron chi connectivity index (χ4n) is 5.46. The standard InChI is InChI=1S/C44H77O11P/c1-3-5-7-8-9-10-11-12-13-14-19-22-25-28-31-35-44(49)55-42(39-54-56(50,51)53-37-41(47)36-45)38-52-43(48)34-30-27-24-21-18-16-15-17-20-23-26-29-33-40(46)32-6-4-2/h6,15-16,20-21,23-24,26,29,32,40-42,45-47H,3-5,7-14,17-19,22,25,27-28,30-31,33-39H2,1-2H3,(H,50,51)/b16-15-,23-20-,24-21-,29-26+,32-6-/t40?,41-,42+/m0/s1. The number of ether oxygens (including phenoxy) is 2. The molecule has 0 bridgehead atoms. The van der Waals surface area contributed by atoms with E-state index in [-0.39, 0.29) is 19.4 Å². The van der Waals surface area contributed by atoms with Crippen molar-refractivity contribution in [1.29, 1.82) is 0 Å². The Balaban J connectivity index is 4.43. The molecule has 12 heteroatoms. The maximum Gasteiger partial charge on any atom is 0.472 e. The monoisotopic (exact) mass is 813 g/mol. The van der Waals surface area contributed by atoms with E-state index in [4.69, 9.17) is 19.1 Å². The number of esters is 2. The summed E-state index contributed by atoms with van der Waals surface area (Å²) in [5.74, 6) is -1.02. The number of carbonyl (C=O) groups excluding carboxylic acids is 2. The molecule has 4 N–H and O–H groups in total. The van der Waals surface area contributed by atoms with E-state index in [0.29, 0.717) is 25.7 Å². The van der Waals surface area contributed by atoms with Crippen LogP contribution in [0.25, 0.3) is 0 Å². The first-order chi connectivity index (χ1) is 27.1. The number of hydrogen-bond acceptors (Lipinski definition) is 10. The van der Waals surface area contributed by atoms with E-state index in [2.05, 4.69) is 23.6 Å². The molecule has 0 aromatic heterocycles. The number of phosphoric acid groups is 1. The molecule has 0 amide bonds. The van der Waals surface area contributed by atoms with Gasteiger partial charge in [-0.15, -0.1) is 0 Å². The van der Waals surface area contributed by atoms with Crippen LogP contribution in [-0.2, 0) is 32.7 Å². The first-order valence-electron chi connectivity index (χ1n) is 21.4. The number of unbranched alkanes of at least 4 members (excludes halogenated alkanes) is 15. The fraction of sp³-hybridized carbons (Fsp3) is 0.727.